The van der Waals surface area contributed by atoms with Crippen molar-refractivity contribution in [3.05, 3.63) is 54.1 Å². The van der Waals surface area contributed by atoms with Crippen molar-refractivity contribution in [1.29, 1.82) is 0 Å². The van der Waals surface area contributed by atoms with Crippen LogP contribution in [0.4, 0.5) is 4.39 Å². The highest BCUT2D eigenvalue weighted by atomic mass is 19.1. The molecule has 1 N–H and O–H groups in total. The molecule has 0 aliphatic heterocycles. The first kappa shape index (κ1) is 9.80. The van der Waals surface area contributed by atoms with E-state index in [0.717, 1.165) is 5.56 Å². The number of nitrogens with zero attached hydrogens (tertiary/aromatic N) is 1. The molecular weight excluding hydrogens is 193 g/mol. The van der Waals surface area contributed by atoms with Gasteiger partial charge in [-0.3, -0.25) is 4.98 Å². The Morgan fingerprint density at radius 1 is 1.13 bits per heavy atom. The molecule has 15 heavy (non-hydrogen) atoms. The minimum Gasteiger partial charge on any atom is -0.390 e. The molecule has 0 atom stereocenters. The Hall–Kier alpha value is -1.74. The number of benzene rings is 1. The number of halogens is 1. The lowest BCUT2D eigenvalue weighted by Crippen LogP contribution is -1.94. The lowest BCUT2D eigenvalue weighted by molar-refractivity contribution is 0.270. The quantitative estimate of drug-likeness (QED) is 0.812. The average Bonchev–Trinajstić information content (AvgIpc) is 2.30. The first-order valence-corrected chi connectivity index (χ1v) is 4.62. The summed E-state index contributed by atoms with van der Waals surface area (Å²) < 4.78 is 13.3. The highest BCUT2D eigenvalue weighted by Gasteiger charge is 2.04. The van der Waals surface area contributed by atoms with E-state index in [9.17, 15) is 4.39 Å². The fourth-order valence-electron chi connectivity index (χ4n) is 1.37. The van der Waals surface area contributed by atoms with Crippen molar-refractivity contribution in [1.82, 2.24) is 4.98 Å². The van der Waals surface area contributed by atoms with E-state index in [2.05, 4.69) is 4.98 Å². The lowest BCUT2D eigenvalue weighted by Gasteiger charge is -2.03. The Balaban J connectivity index is 2.43. The first-order chi connectivity index (χ1) is 7.31. The van der Waals surface area contributed by atoms with E-state index in [-0.39, 0.29) is 12.3 Å². The molecule has 1 aromatic carbocycles. The summed E-state index contributed by atoms with van der Waals surface area (Å²) in [6.45, 7) is -0.374. The van der Waals surface area contributed by atoms with Gasteiger partial charge in [-0.1, -0.05) is 30.3 Å². The van der Waals surface area contributed by atoms with Crippen LogP contribution < -0.4 is 0 Å². The zero-order valence-corrected chi connectivity index (χ0v) is 8.02. The Morgan fingerprint density at radius 2 is 1.87 bits per heavy atom. The third kappa shape index (κ3) is 2.02. The Bertz CT molecular complexity index is 456. The van der Waals surface area contributed by atoms with E-state index in [1.54, 1.807) is 6.20 Å². The number of rotatable bonds is 2. The summed E-state index contributed by atoms with van der Waals surface area (Å²) >= 11 is 0. The van der Waals surface area contributed by atoms with Crippen molar-refractivity contribution < 1.29 is 9.50 Å². The molecule has 1 heterocycles. The van der Waals surface area contributed by atoms with Gasteiger partial charge in [-0.15, -0.1) is 0 Å². The average molecular weight is 203 g/mol. The smallest absolute Gasteiger partial charge is 0.147 e. The molecule has 3 heteroatoms. The van der Waals surface area contributed by atoms with Gasteiger partial charge in [0.1, 0.15) is 11.5 Å². The minimum atomic E-state index is -0.473. The predicted octanol–water partition coefficient (Wildman–Crippen LogP) is 2.38. The minimum absolute atomic E-state index is 0.0784. The lowest BCUT2D eigenvalue weighted by atomic mass is 10.1. The van der Waals surface area contributed by atoms with Gasteiger partial charge in [0.15, 0.2) is 0 Å². The van der Waals surface area contributed by atoms with Gasteiger partial charge in [0.05, 0.1) is 6.61 Å². The van der Waals surface area contributed by atoms with Crippen molar-refractivity contribution in [2.75, 3.05) is 0 Å². The summed E-state index contributed by atoms with van der Waals surface area (Å²) in [5, 5.41) is 8.78. The Labute approximate surface area is 87.0 Å². The van der Waals surface area contributed by atoms with Gasteiger partial charge in [0.25, 0.3) is 0 Å². The van der Waals surface area contributed by atoms with Gasteiger partial charge in [-0.05, 0) is 11.6 Å². The van der Waals surface area contributed by atoms with Gasteiger partial charge >= 0.3 is 0 Å². The van der Waals surface area contributed by atoms with E-state index in [1.165, 1.54) is 6.07 Å². The van der Waals surface area contributed by atoms with Crippen LogP contribution >= 0.6 is 0 Å². The summed E-state index contributed by atoms with van der Waals surface area (Å²) in [5.41, 5.74) is 1.70. The third-order valence-electron chi connectivity index (χ3n) is 2.17. The van der Waals surface area contributed by atoms with Crippen LogP contribution in [0.2, 0.25) is 0 Å². The van der Waals surface area contributed by atoms with Gasteiger partial charge in [-0.2, -0.15) is 0 Å². The summed E-state index contributed by atoms with van der Waals surface area (Å²) in [7, 11) is 0. The molecule has 0 bridgehead atoms. The summed E-state index contributed by atoms with van der Waals surface area (Å²) in [6, 6.07) is 10.8. The number of pyridine rings is 1. The number of aliphatic hydroxyl groups is 1. The molecule has 2 aromatic rings. The molecular formula is C12H10FNO. The molecule has 1 aromatic heterocycles. The molecule has 0 unspecified atom stereocenters. The molecule has 0 amide bonds. The highest BCUT2D eigenvalue weighted by Crippen LogP contribution is 2.19. The van der Waals surface area contributed by atoms with Gasteiger partial charge in [0, 0.05) is 11.8 Å². The number of aliphatic hydroxyl groups excluding tert-OH is 1. The van der Waals surface area contributed by atoms with E-state index >= 15 is 0 Å². The standard InChI is InChI=1S/C12H10FNO/c13-11-6-10(7-14-12(11)8-15)9-4-2-1-3-5-9/h1-7,15H,8H2. The SMILES string of the molecule is OCc1ncc(-c2ccccc2)cc1F. The van der Waals surface area contributed by atoms with Crippen LogP contribution in [0, 0.1) is 5.82 Å². The maximum absolute atomic E-state index is 13.3. The van der Waals surface area contributed by atoms with Crippen molar-refractivity contribution >= 4 is 0 Å². The maximum atomic E-state index is 13.3. The van der Waals surface area contributed by atoms with E-state index in [1.807, 2.05) is 30.3 Å². The second kappa shape index (κ2) is 4.19. The zero-order chi connectivity index (χ0) is 10.7. The fourth-order valence-corrected chi connectivity index (χ4v) is 1.37. The molecule has 2 rings (SSSR count). The number of hydrogen-bond acceptors (Lipinski definition) is 2. The Morgan fingerprint density at radius 3 is 2.47 bits per heavy atom. The normalized spacial score (nSPS) is 10.3. The summed E-state index contributed by atoms with van der Waals surface area (Å²) in [6.07, 6.45) is 1.56. The molecule has 0 spiro atoms. The van der Waals surface area contributed by atoms with Crippen LogP contribution in [0.5, 0.6) is 0 Å². The molecule has 0 aliphatic rings. The van der Waals surface area contributed by atoms with E-state index in [0.29, 0.717) is 5.56 Å². The van der Waals surface area contributed by atoms with Gasteiger partial charge in [0.2, 0.25) is 0 Å². The zero-order valence-electron chi connectivity index (χ0n) is 8.02. The van der Waals surface area contributed by atoms with Crippen LogP contribution in [0.15, 0.2) is 42.6 Å². The third-order valence-corrected chi connectivity index (χ3v) is 2.17. The molecule has 76 valence electrons. The first-order valence-electron chi connectivity index (χ1n) is 4.62. The van der Waals surface area contributed by atoms with Crippen molar-refractivity contribution in [2.24, 2.45) is 0 Å². The van der Waals surface area contributed by atoms with Gasteiger partial charge in [-0.25, -0.2) is 4.39 Å². The Kier molecular flexibility index (Phi) is 2.74. The second-order valence-corrected chi connectivity index (χ2v) is 3.18. The van der Waals surface area contributed by atoms with Crippen LogP contribution in [0.1, 0.15) is 5.69 Å². The van der Waals surface area contributed by atoms with Crippen LogP contribution in [-0.4, -0.2) is 10.1 Å². The topological polar surface area (TPSA) is 33.1 Å². The molecule has 0 saturated heterocycles. The predicted molar refractivity (Wildman–Crippen MR) is 55.6 cm³/mol. The molecule has 0 radical (unpaired) electrons. The van der Waals surface area contributed by atoms with E-state index in [4.69, 9.17) is 5.11 Å². The van der Waals surface area contributed by atoms with E-state index < -0.39 is 5.82 Å². The molecule has 0 fully saturated rings. The largest absolute Gasteiger partial charge is 0.390 e. The monoisotopic (exact) mass is 203 g/mol. The molecule has 2 nitrogen and oxygen atoms in total. The number of hydrogen-bond donors (Lipinski definition) is 1. The second-order valence-electron chi connectivity index (χ2n) is 3.18. The highest BCUT2D eigenvalue weighted by molar-refractivity contribution is 5.62. The van der Waals surface area contributed by atoms with Crippen molar-refractivity contribution in [2.45, 2.75) is 6.61 Å². The summed E-state index contributed by atoms with van der Waals surface area (Å²) in [5.74, 6) is -0.473. The van der Waals surface area contributed by atoms with Crippen LogP contribution in [0.3, 0.4) is 0 Å². The van der Waals surface area contributed by atoms with Crippen LogP contribution in [0.25, 0.3) is 11.1 Å². The summed E-state index contributed by atoms with van der Waals surface area (Å²) in [4.78, 5) is 3.85. The van der Waals surface area contributed by atoms with Crippen molar-refractivity contribution in [3.8, 4) is 11.1 Å². The molecule has 0 saturated carbocycles. The van der Waals surface area contributed by atoms with Gasteiger partial charge < -0.3 is 5.11 Å². The van der Waals surface area contributed by atoms with Crippen molar-refractivity contribution in [3.63, 3.8) is 0 Å². The fraction of sp³-hybridized carbons (Fsp3) is 0.0833. The number of aromatic nitrogens is 1. The maximum Gasteiger partial charge on any atom is 0.147 e. The van der Waals surface area contributed by atoms with Crippen LogP contribution in [-0.2, 0) is 6.61 Å². The molecule has 0 aliphatic carbocycles.